The highest BCUT2D eigenvalue weighted by Crippen LogP contribution is 2.26. The number of nitro groups is 1. The smallest absolute Gasteiger partial charge is 0.319 e. The zero-order chi connectivity index (χ0) is 20.3. The number of hydrogen-bond donors (Lipinski definition) is 2. The van der Waals surface area contributed by atoms with Gasteiger partial charge in [-0.3, -0.25) is 24.6 Å². The lowest BCUT2D eigenvalue weighted by Gasteiger charge is -2.14. The molecule has 1 aliphatic heterocycles. The van der Waals surface area contributed by atoms with Crippen LogP contribution in [0.2, 0.25) is 5.02 Å². The molecule has 0 fully saturated rings. The van der Waals surface area contributed by atoms with Crippen molar-refractivity contribution in [3.8, 4) is 0 Å². The van der Waals surface area contributed by atoms with Crippen LogP contribution in [0.15, 0.2) is 42.5 Å². The van der Waals surface area contributed by atoms with E-state index in [2.05, 4.69) is 10.6 Å². The minimum atomic E-state index is -0.621. The summed E-state index contributed by atoms with van der Waals surface area (Å²) in [6.07, 6.45) is 0.335. The maximum absolute atomic E-state index is 12.4. The Bertz CT molecular complexity index is 961. The Morgan fingerprint density at radius 1 is 1.07 bits per heavy atom. The van der Waals surface area contributed by atoms with E-state index in [0.717, 1.165) is 11.0 Å². The van der Waals surface area contributed by atoms with Crippen molar-refractivity contribution in [3.05, 3.63) is 68.7 Å². The van der Waals surface area contributed by atoms with Crippen molar-refractivity contribution in [1.82, 2.24) is 10.2 Å². The van der Waals surface area contributed by atoms with Gasteiger partial charge in [-0.25, -0.2) is 4.79 Å². The Kier molecular flexibility index (Phi) is 5.55. The number of imide groups is 1. The molecule has 3 rings (SSSR count). The van der Waals surface area contributed by atoms with E-state index < -0.39 is 22.8 Å². The number of anilines is 1. The van der Waals surface area contributed by atoms with Crippen LogP contribution in [0.4, 0.5) is 16.2 Å². The monoisotopic (exact) mass is 402 g/mol. The van der Waals surface area contributed by atoms with Crippen LogP contribution in [-0.2, 0) is 0 Å². The first-order valence-electron chi connectivity index (χ1n) is 8.32. The molecule has 9 nitrogen and oxygen atoms in total. The minimum Gasteiger partial charge on any atom is -0.338 e. The quantitative estimate of drug-likeness (QED) is 0.333. The second-order valence-electron chi connectivity index (χ2n) is 5.99. The van der Waals surface area contributed by atoms with Gasteiger partial charge < -0.3 is 10.6 Å². The van der Waals surface area contributed by atoms with Crippen LogP contribution in [0.1, 0.15) is 27.1 Å². The lowest BCUT2D eigenvalue weighted by molar-refractivity contribution is -0.384. The van der Waals surface area contributed by atoms with Crippen molar-refractivity contribution < 1.29 is 19.3 Å². The molecule has 0 bridgehead atoms. The van der Waals surface area contributed by atoms with Crippen molar-refractivity contribution in [3.63, 3.8) is 0 Å². The molecule has 10 heteroatoms. The highest BCUT2D eigenvalue weighted by Gasteiger charge is 2.36. The third-order valence-electron chi connectivity index (χ3n) is 4.11. The summed E-state index contributed by atoms with van der Waals surface area (Å²) in [5.74, 6) is -1.07. The highest BCUT2D eigenvalue weighted by molar-refractivity contribution is 6.30. The zero-order valence-electron chi connectivity index (χ0n) is 14.5. The van der Waals surface area contributed by atoms with Gasteiger partial charge in [0.25, 0.3) is 17.5 Å². The zero-order valence-corrected chi connectivity index (χ0v) is 15.2. The fraction of sp³-hybridized carbons (Fsp3) is 0.167. The number of amides is 4. The fourth-order valence-electron chi connectivity index (χ4n) is 2.74. The van der Waals surface area contributed by atoms with Crippen molar-refractivity contribution in [2.75, 3.05) is 18.4 Å². The topological polar surface area (TPSA) is 122 Å². The lowest BCUT2D eigenvalue weighted by atomic mass is 10.1. The molecule has 2 aromatic rings. The third kappa shape index (κ3) is 4.09. The van der Waals surface area contributed by atoms with E-state index in [4.69, 9.17) is 11.6 Å². The van der Waals surface area contributed by atoms with Crippen LogP contribution in [0.25, 0.3) is 0 Å². The average molecular weight is 403 g/mol. The number of carbonyl (C=O) groups is 3. The predicted octanol–water partition coefficient (Wildman–Crippen LogP) is 3.06. The van der Waals surface area contributed by atoms with Crippen LogP contribution >= 0.6 is 11.6 Å². The number of benzene rings is 2. The molecule has 0 atom stereocenters. The van der Waals surface area contributed by atoms with Gasteiger partial charge in [0.1, 0.15) is 0 Å². The van der Waals surface area contributed by atoms with E-state index in [9.17, 15) is 24.5 Å². The molecule has 0 saturated heterocycles. The van der Waals surface area contributed by atoms with Crippen LogP contribution in [0.3, 0.4) is 0 Å². The summed E-state index contributed by atoms with van der Waals surface area (Å²) in [6, 6.07) is 9.74. The number of nitrogens with one attached hydrogen (secondary N) is 2. The number of fused-ring (bicyclic) bond motifs is 1. The first-order chi connectivity index (χ1) is 13.4. The average Bonchev–Trinajstić information content (AvgIpc) is 2.91. The number of non-ortho nitro benzene ring substituents is 1. The maximum atomic E-state index is 12.4. The number of nitro benzene ring substituents is 1. The van der Waals surface area contributed by atoms with E-state index >= 15 is 0 Å². The molecule has 0 radical (unpaired) electrons. The van der Waals surface area contributed by atoms with E-state index in [1.165, 1.54) is 12.1 Å². The molecular formula is C18H15ClN4O5. The van der Waals surface area contributed by atoms with Gasteiger partial charge in [-0.2, -0.15) is 0 Å². The fourth-order valence-corrected chi connectivity index (χ4v) is 2.87. The SMILES string of the molecule is O=C(NCCCN1C(=O)c2ccc([N+](=O)[O-])cc2C1=O)Nc1ccc(Cl)cc1. The van der Waals surface area contributed by atoms with Crippen molar-refractivity contribution in [2.45, 2.75) is 6.42 Å². The molecule has 0 saturated carbocycles. The first-order valence-corrected chi connectivity index (χ1v) is 8.69. The predicted molar refractivity (Wildman–Crippen MR) is 102 cm³/mol. The molecule has 0 aliphatic carbocycles. The van der Waals surface area contributed by atoms with Gasteiger partial charge in [-0.05, 0) is 36.8 Å². The van der Waals surface area contributed by atoms with Crippen LogP contribution < -0.4 is 10.6 Å². The molecule has 0 aromatic heterocycles. The van der Waals surface area contributed by atoms with Gasteiger partial charge >= 0.3 is 6.03 Å². The normalized spacial score (nSPS) is 12.7. The maximum Gasteiger partial charge on any atom is 0.319 e. The standard InChI is InChI=1S/C18H15ClN4O5/c19-11-2-4-12(5-3-11)21-18(26)20-8-1-9-22-16(24)14-7-6-13(23(27)28)10-15(14)17(22)25/h2-7,10H,1,8-9H2,(H2,20,21,26). The second-order valence-corrected chi connectivity index (χ2v) is 6.43. The van der Waals surface area contributed by atoms with E-state index in [0.29, 0.717) is 17.1 Å². The minimum absolute atomic E-state index is 0.0210. The molecule has 0 unspecified atom stereocenters. The number of nitrogens with zero attached hydrogens (tertiary/aromatic N) is 2. The van der Waals surface area contributed by atoms with Gasteiger partial charge in [-0.15, -0.1) is 0 Å². The number of hydrogen-bond acceptors (Lipinski definition) is 5. The number of rotatable bonds is 6. The van der Waals surface area contributed by atoms with E-state index in [1.54, 1.807) is 24.3 Å². The number of carbonyl (C=O) groups excluding carboxylic acids is 3. The molecular weight excluding hydrogens is 388 g/mol. The lowest BCUT2D eigenvalue weighted by Crippen LogP contribution is -2.35. The summed E-state index contributed by atoms with van der Waals surface area (Å²) < 4.78 is 0. The Morgan fingerprint density at radius 2 is 1.75 bits per heavy atom. The highest BCUT2D eigenvalue weighted by atomic mass is 35.5. The number of halogens is 1. The Hall–Kier alpha value is -3.46. The molecule has 1 aliphatic rings. The summed E-state index contributed by atoms with van der Waals surface area (Å²) in [4.78, 5) is 47.7. The van der Waals surface area contributed by atoms with Gasteiger partial charge in [0.2, 0.25) is 0 Å². The van der Waals surface area contributed by atoms with E-state index in [-0.39, 0.29) is 29.9 Å². The van der Waals surface area contributed by atoms with Crippen LogP contribution in [-0.4, -0.2) is 40.8 Å². The summed E-state index contributed by atoms with van der Waals surface area (Å²) in [5, 5.41) is 16.6. The summed E-state index contributed by atoms with van der Waals surface area (Å²) in [5.41, 5.74) is 0.489. The van der Waals surface area contributed by atoms with Crippen LogP contribution in [0.5, 0.6) is 0 Å². The second kappa shape index (κ2) is 8.05. The molecule has 144 valence electrons. The van der Waals surface area contributed by atoms with Gasteiger partial charge in [0.15, 0.2) is 0 Å². The third-order valence-corrected chi connectivity index (χ3v) is 4.36. The van der Waals surface area contributed by atoms with Gasteiger partial charge in [0, 0.05) is 35.9 Å². The number of urea groups is 1. The molecule has 1 heterocycles. The summed E-state index contributed by atoms with van der Waals surface area (Å²) in [7, 11) is 0. The molecule has 0 spiro atoms. The van der Waals surface area contributed by atoms with Crippen molar-refractivity contribution >= 4 is 40.8 Å². The Balaban J connectivity index is 1.50. The summed E-state index contributed by atoms with van der Waals surface area (Å²) >= 11 is 5.77. The largest absolute Gasteiger partial charge is 0.338 e. The van der Waals surface area contributed by atoms with Crippen molar-refractivity contribution in [1.29, 1.82) is 0 Å². The first kappa shape index (κ1) is 19.3. The van der Waals surface area contributed by atoms with Gasteiger partial charge in [-0.1, -0.05) is 11.6 Å². The Morgan fingerprint density at radius 3 is 2.43 bits per heavy atom. The molecule has 2 N–H and O–H groups in total. The van der Waals surface area contributed by atoms with Gasteiger partial charge in [0.05, 0.1) is 16.1 Å². The van der Waals surface area contributed by atoms with Crippen LogP contribution in [0, 0.1) is 10.1 Å². The summed E-state index contributed by atoms with van der Waals surface area (Å²) in [6.45, 7) is 0.314. The molecule has 4 amide bonds. The Labute approximate surface area is 164 Å². The van der Waals surface area contributed by atoms with E-state index in [1.807, 2.05) is 0 Å². The molecule has 2 aromatic carbocycles. The van der Waals surface area contributed by atoms with Crippen molar-refractivity contribution in [2.24, 2.45) is 0 Å². The molecule has 28 heavy (non-hydrogen) atoms.